The fourth-order valence-electron chi connectivity index (χ4n) is 2.13. The highest BCUT2D eigenvalue weighted by Gasteiger charge is 2.16. The minimum absolute atomic E-state index is 0.499. The van der Waals surface area contributed by atoms with Gasteiger partial charge in [0.1, 0.15) is 5.52 Å². The summed E-state index contributed by atoms with van der Waals surface area (Å²) >= 11 is 1.63. The van der Waals surface area contributed by atoms with E-state index in [0.717, 1.165) is 34.6 Å². The van der Waals surface area contributed by atoms with Crippen LogP contribution in [0.1, 0.15) is 27.2 Å². The maximum Gasteiger partial charge on any atom is 0.106 e. The van der Waals surface area contributed by atoms with Crippen LogP contribution in [0.4, 0.5) is 11.4 Å². The largest absolute Gasteiger partial charge is 0.395 e. The van der Waals surface area contributed by atoms with Crippen molar-refractivity contribution in [2.24, 2.45) is 0 Å². The minimum Gasteiger partial charge on any atom is -0.395 e. The van der Waals surface area contributed by atoms with Gasteiger partial charge in [0.15, 0.2) is 0 Å². The molecule has 0 saturated carbocycles. The smallest absolute Gasteiger partial charge is 0.106 e. The van der Waals surface area contributed by atoms with E-state index in [-0.39, 0.29) is 0 Å². The first-order valence-corrected chi connectivity index (χ1v) is 6.95. The normalized spacial score (nSPS) is 12.9. The zero-order chi connectivity index (χ0) is 12.4. The minimum atomic E-state index is 0.499. The number of hydrogen-bond acceptors (Lipinski definition) is 4. The molecule has 3 nitrogen and oxygen atoms in total. The molecule has 1 atom stereocenters. The predicted molar refractivity (Wildman–Crippen MR) is 76.8 cm³/mol. The molecule has 0 aliphatic rings. The number of nitrogen functional groups attached to an aromatic ring is 1. The molecule has 1 aromatic heterocycles. The lowest BCUT2D eigenvalue weighted by molar-refractivity contribution is 0.631. The molecule has 0 fully saturated rings. The van der Waals surface area contributed by atoms with Gasteiger partial charge in [0.25, 0.3) is 0 Å². The van der Waals surface area contributed by atoms with Gasteiger partial charge in [-0.25, -0.2) is 4.98 Å². The van der Waals surface area contributed by atoms with Crippen LogP contribution in [0.2, 0.25) is 0 Å². The molecular formula is C13H19N3S. The van der Waals surface area contributed by atoms with E-state index in [1.165, 1.54) is 0 Å². The summed E-state index contributed by atoms with van der Waals surface area (Å²) in [6.45, 7) is 7.56. The summed E-state index contributed by atoms with van der Waals surface area (Å²) in [6.07, 6.45) is 1.11. The van der Waals surface area contributed by atoms with Gasteiger partial charge < -0.3 is 10.6 Å². The molecule has 0 amide bonds. The standard InChI is InChI=1S/C13H19N3S/c1-4-9(3)16(5-2)10-6-7-11-13(12(10)14)15-8-17-11/h6-9H,4-5,14H2,1-3H3. The zero-order valence-corrected chi connectivity index (χ0v) is 11.4. The van der Waals surface area contributed by atoms with Gasteiger partial charge in [-0.1, -0.05) is 6.92 Å². The van der Waals surface area contributed by atoms with Gasteiger partial charge >= 0.3 is 0 Å². The summed E-state index contributed by atoms with van der Waals surface area (Å²) in [5.74, 6) is 0. The maximum atomic E-state index is 6.23. The fraction of sp³-hybridized carbons (Fsp3) is 0.462. The summed E-state index contributed by atoms with van der Waals surface area (Å²) in [5, 5.41) is 0. The monoisotopic (exact) mass is 249 g/mol. The Bertz CT molecular complexity index is 506. The van der Waals surface area contributed by atoms with E-state index >= 15 is 0 Å². The number of aromatic nitrogens is 1. The molecule has 2 aromatic rings. The summed E-state index contributed by atoms with van der Waals surface area (Å²) in [5.41, 5.74) is 10.9. The number of benzene rings is 1. The Morgan fingerprint density at radius 2 is 2.18 bits per heavy atom. The van der Waals surface area contributed by atoms with Gasteiger partial charge in [-0.15, -0.1) is 11.3 Å². The Morgan fingerprint density at radius 1 is 1.41 bits per heavy atom. The van der Waals surface area contributed by atoms with Crippen molar-refractivity contribution in [3.8, 4) is 0 Å². The Balaban J connectivity index is 2.49. The van der Waals surface area contributed by atoms with E-state index < -0.39 is 0 Å². The fourth-order valence-corrected chi connectivity index (χ4v) is 2.82. The van der Waals surface area contributed by atoms with E-state index in [0.29, 0.717) is 6.04 Å². The van der Waals surface area contributed by atoms with Gasteiger partial charge in [0.2, 0.25) is 0 Å². The van der Waals surface area contributed by atoms with Crippen molar-refractivity contribution in [3.63, 3.8) is 0 Å². The van der Waals surface area contributed by atoms with Crippen LogP contribution in [0.5, 0.6) is 0 Å². The van der Waals surface area contributed by atoms with Crippen LogP contribution < -0.4 is 10.6 Å². The number of nitrogens with zero attached hydrogens (tertiary/aromatic N) is 2. The molecule has 1 heterocycles. The highest BCUT2D eigenvalue weighted by molar-refractivity contribution is 7.16. The molecule has 0 spiro atoms. The number of rotatable bonds is 4. The third-order valence-corrected chi connectivity index (χ3v) is 4.09. The van der Waals surface area contributed by atoms with Gasteiger partial charge in [0, 0.05) is 12.6 Å². The number of thiazole rings is 1. The molecule has 2 N–H and O–H groups in total. The van der Waals surface area contributed by atoms with Crippen molar-refractivity contribution in [2.45, 2.75) is 33.2 Å². The van der Waals surface area contributed by atoms with Crippen molar-refractivity contribution >= 4 is 32.9 Å². The van der Waals surface area contributed by atoms with Crippen molar-refractivity contribution in [1.82, 2.24) is 4.98 Å². The average molecular weight is 249 g/mol. The number of anilines is 2. The Hall–Kier alpha value is -1.29. The molecular weight excluding hydrogens is 230 g/mol. The molecule has 0 saturated heterocycles. The lowest BCUT2D eigenvalue weighted by Crippen LogP contribution is -2.32. The van der Waals surface area contributed by atoms with Crippen LogP contribution in [-0.4, -0.2) is 17.6 Å². The second-order valence-corrected chi connectivity index (χ2v) is 5.13. The molecule has 17 heavy (non-hydrogen) atoms. The van der Waals surface area contributed by atoms with E-state index in [1.807, 2.05) is 5.51 Å². The van der Waals surface area contributed by atoms with Crippen molar-refractivity contribution in [3.05, 3.63) is 17.6 Å². The van der Waals surface area contributed by atoms with Gasteiger partial charge in [-0.2, -0.15) is 0 Å². The number of nitrogens with two attached hydrogens (primary N) is 1. The lowest BCUT2D eigenvalue weighted by atomic mass is 10.1. The molecule has 0 aliphatic carbocycles. The first-order valence-electron chi connectivity index (χ1n) is 6.07. The highest BCUT2D eigenvalue weighted by atomic mass is 32.1. The van der Waals surface area contributed by atoms with Crippen LogP contribution in [0.3, 0.4) is 0 Å². The second kappa shape index (κ2) is 4.92. The third-order valence-electron chi connectivity index (χ3n) is 3.29. The molecule has 92 valence electrons. The second-order valence-electron chi connectivity index (χ2n) is 4.24. The average Bonchev–Trinajstić information content (AvgIpc) is 2.81. The van der Waals surface area contributed by atoms with E-state index in [9.17, 15) is 0 Å². The summed E-state index contributed by atoms with van der Waals surface area (Å²) < 4.78 is 1.16. The van der Waals surface area contributed by atoms with Crippen molar-refractivity contribution in [2.75, 3.05) is 17.2 Å². The van der Waals surface area contributed by atoms with Crippen LogP contribution >= 0.6 is 11.3 Å². The molecule has 1 aromatic carbocycles. The summed E-state index contributed by atoms with van der Waals surface area (Å²) in [4.78, 5) is 6.69. The quantitative estimate of drug-likeness (QED) is 0.843. The van der Waals surface area contributed by atoms with E-state index in [1.54, 1.807) is 11.3 Å². The van der Waals surface area contributed by atoms with Crippen LogP contribution in [0, 0.1) is 0 Å². The highest BCUT2D eigenvalue weighted by Crippen LogP contribution is 2.33. The molecule has 0 aliphatic heterocycles. The topological polar surface area (TPSA) is 42.2 Å². The van der Waals surface area contributed by atoms with E-state index in [4.69, 9.17) is 5.73 Å². The SMILES string of the molecule is CCC(C)N(CC)c1ccc2scnc2c1N. The van der Waals surface area contributed by atoms with Crippen molar-refractivity contribution < 1.29 is 0 Å². The van der Waals surface area contributed by atoms with Crippen molar-refractivity contribution in [1.29, 1.82) is 0 Å². The molecule has 4 heteroatoms. The Morgan fingerprint density at radius 3 is 2.82 bits per heavy atom. The van der Waals surface area contributed by atoms with E-state index in [2.05, 4.69) is 42.8 Å². The molecule has 2 rings (SSSR count). The number of fused-ring (bicyclic) bond motifs is 1. The zero-order valence-electron chi connectivity index (χ0n) is 10.6. The summed E-state index contributed by atoms with van der Waals surface area (Å²) in [7, 11) is 0. The number of hydrogen-bond donors (Lipinski definition) is 1. The van der Waals surface area contributed by atoms with Crippen LogP contribution in [0.15, 0.2) is 17.6 Å². The maximum absolute atomic E-state index is 6.23. The van der Waals surface area contributed by atoms with Gasteiger partial charge in [0.05, 0.1) is 21.6 Å². The molecule has 1 unspecified atom stereocenters. The lowest BCUT2D eigenvalue weighted by Gasteiger charge is -2.30. The predicted octanol–water partition coefficient (Wildman–Crippen LogP) is 3.50. The van der Waals surface area contributed by atoms with Crippen LogP contribution in [-0.2, 0) is 0 Å². The molecule has 0 radical (unpaired) electrons. The first-order chi connectivity index (χ1) is 8.19. The Labute approximate surface area is 106 Å². The van der Waals surface area contributed by atoms with Crippen LogP contribution in [0.25, 0.3) is 10.2 Å². The first kappa shape index (κ1) is 12.2. The molecule has 0 bridgehead atoms. The summed E-state index contributed by atoms with van der Waals surface area (Å²) in [6, 6.07) is 4.73. The van der Waals surface area contributed by atoms with Gasteiger partial charge in [-0.05, 0) is 32.4 Å². The third kappa shape index (κ3) is 2.09. The Kier molecular flexibility index (Phi) is 3.52. The van der Waals surface area contributed by atoms with Gasteiger partial charge in [-0.3, -0.25) is 0 Å².